The highest BCUT2D eigenvalue weighted by Crippen LogP contribution is 2.14. The highest BCUT2D eigenvalue weighted by molar-refractivity contribution is 7.92. The van der Waals surface area contributed by atoms with Crippen LogP contribution in [0.1, 0.15) is 40.5 Å². The zero-order valence-electron chi connectivity index (χ0n) is 10.6. The van der Waals surface area contributed by atoms with Gasteiger partial charge in [0.15, 0.2) is 9.84 Å². The summed E-state index contributed by atoms with van der Waals surface area (Å²) in [6, 6.07) is 0.256. The average Bonchev–Trinajstić information content (AvgIpc) is 2.16. The molecule has 3 nitrogen and oxygen atoms in total. The van der Waals surface area contributed by atoms with Crippen LogP contribution in [-0.4, -0.2) is 32.5 Å². The zero-order valence-corrected chi connectivity index (χ0v) is 11.4. The van der Waals surface area contributed by atoms with Crippen LogP contribution >= 0.6 is 0 Å². The van der Waals surface area contributed by atoms with E-state index in [1.54, 1.807) is 0 Å². The Hall–Kier alpha value is -0.0900. The lowest BCUT2D eigenvalue weighted by atomic mass is 10.2. The predicted octanol–water partition coefficient (Wildman–Crippen LogP) is 1.83. The molecule has 0 radical (unpaired) electrons. The van der Waals surface area contributed by atoms with Gasteiger partial charge >= 0.3 is 0 Å². The maximum atomic E-state index is 11.9. The van der Waals surface area contributed by atoms with Gasteiger partial charge < -0.3 is 5.32 Å². The van der Waals surface area contributed by atoms with E-state index in [4.69, 9.17) is 0 Å². The fraction of sp³-hybridized carbons (Fsp3) is 1.00. The summed E-state index contributed by atoms with van der Waals surface area (Å²) in [5, 5.41) is 2.83. The molecule has 1 N–H and O–H groups in total. The molecule has 3 atom stereocenters. The molecule has 0 saturated carbocycles. The number of rotatable bonds is 7. The van der Waals surface area contributed by atoms with Crippen LogP contribution in [0, 0.1) is 5.92 Å². The molecule has 0 heterocycles. The summed E-state index contributed by atoms with van der Waals surface area (Å²) in [7, 11) is -1.06. The molecule has 0 aliphatic carbocycles. The molecule has 0 aromatic rings. The third-order valence-corrected chi connectivity index (χ3v) is 5.46. The van der Waals surface area contributed by atoms with E-state index in [1.807, 2.05) is 34.7 Å². The lowest BCUT2D eigenvalue weighted by Gasteiger charge is -2.19. The molecule has 0 aliphatic heterocycles. The maximum Gasteiger partial charge on any atom is 0.153 e. The Bertz CT molecular complexity index is 262. The van der Waals surface area contributed by atoms with E-state index >= 15 is 0 Å². The molecule has 0 bridgehead atoms. The number of nitrogens with one attached hydrogen (secondary N) is 1. The minimum atomic E-state index is -2.92. The molecule has 0 spiro atoms. The maximum absolute atomic E-state index is 11.9. The van der Waals surface area contributed by atoms with Crippen molar-refractivity contribution in [2.24, 2.45) is 5.92 Å². The van der Waals surface area contributed by atoms with Gasteiger partial charge in [-0.1, -0.05) is 20.3 Å². The van der Waals surface area contributed by atoms with Gasteiger partial charge in [-0.05, 0) is 33.2 Å². The lowest BCUT2D eigenvalue weighted by molar-refractivity contribution is 0.518. The number of hydrogen-bond acceptors (Lipinski definition) is 3. The fourth-order valence-electron chi connectivity index (χ4n) is 1.44. The zero-order chi connectivity index (χ0) is 12.1. The van der Waals surface area contributed by atoms with Gasteiger partial charge in [-0.25, -0.2) is 8.42 Å². The molecule has 0 rings (SSSR count). The van der Waals surface area contributed by atoms with Gasteiger partial charge in [0.05, 0.1) is 11.0 Å². The van der Waals surface area contributed by atoms with E-state index < -0.39 is 9.84 Å². The van der Waals surface area contributed by atoms with Crippen molar-refractivity contribution in [3.63, 3.8) is 0 Å². The number of hydrogen-bond donors (Lipinski definition) is 1. The Kier molecular flexibility index (Phi) is 6.44. The van der Waals surface area contributed by atoms with Crippen molar-refractivity contribution in [3.8, 4) is 0 Å². The van der Waals surface area contributed by atoms with E-state index in [-0.39, 0.29) is 17.2 Å². The van der Waals surface area contributed by atoms with Crippen molar-refractivity contribution in [3.05, 3.63) is 0 Å². The van der Waals surface area contributed by atoms with Gasteiger partial charge in [0.25, 0.3) is 0 Å². The van der Waals surface area contributed by atoms with Crippen LogP contribution in [0.5, 0.6) is 0 Å². The molecular formula is C11H25NO2S. The van der Waals surface area contributed by atoms with Crippen LogP contribution in [0.25, 0.3) is 0 Å². The van der Waals surface area contributed by atoms with E-state index in [0.29, 0.717) is 12.2 Å². The lowest BCUT2D eigenvalue weighted by Crippen LogP contribution is -2.32. The standard InChI is InChI=1S/C11H25NO2S/c1-6-9(2)8-15(13,14)11(4)7-10(3)12-5/h9-12H,6-8H2,1-5H3. The molecule has 15 heavy (non-hydrogen) atoms. The molecule has 0 aromatic heterocycles. The molecule has 3 unspecified atom stereocenters. The van der Waals surface area contributed by atoms with E-state index in [9.17, 15) is 8.42 Å². The summed E-state index contributed by atoms with van der Waals surface area (Å²) in [4.78, 5) is 0. The molecule has 0 saturated heterocycles. The Morgan fingerprint density at radius 1 is 1.20 bits per heavy atom. The summed E-state index contributed by atoms with van der Waals surface area (Å²) in [6.07, 6.45) is 1.61. The third kappa shape index (κ3) is 5.52. The third-order valence-electron chi connectivity index (χ3n) is 3.01. The Balaban J connectivity index is 4.33. The highest BCUT2D eigenvalue weighted by Gasteiger charge is 2.23. The molecule has 0 aromatic carbocycles. The van der Waals surface area contributed by atoms with Gasteiger partial charge in [0.2, 0.25) is 0 Å². The first-order valence-electron chi connectivity index (χ1n) is 5.72. The van der Waals surface area contributed by atoms with Crippen LogP contribution in [0.2, 0.25) is 0 Å². The molecule has 0 fully saturated rings. The minimum Gasteiger partial charge on any atom is -0.317 e. The molecule has 92 valence electrons. The summed E-state index contributed by atoms with van der Waals surface area (Å²) in [6.45, 7) is 7.84. The van der Waals surface area contributed by atoms with Gasteiger partial charge in [0, 0.05) is 6.04 Å². The van der Waals surface area contributed by atoms with Crippen molar-refractivity contribution < 1.29 is 8.42 Å². The monoisotopic (exact) mass is 235 g/mol. The van der Waals surface area contributed by atoms with Gasteiger partial charge in [-0.15, -0.1) is 0 Å². The first-order chi connectivity index (χ1) is 6.83. The van der Waals surface area contributed by atoms with E-state index in [2.05, 4.69) is 5.32 Å². The number of sulfone groups is 1. The van der Waals surface area contributed by atoms with Gasteiger partial charge in [0.1, 0.15) is 0 Å². The van der Waals surface area contributed by atoms with Crippen LogP contribution in [0.4, 0.5) is 0 Å². The predicted molar refractivity (Wildman–Crippen MR) is 65.8 cm³/mol. The van der Waals surface area contributed by atoms with E-state index in [0.717, 1.165) is 6.42 Å². The topological polar surface area (TPSA) is 46.2 Å². The van der Waals surface area contributed by atoms with E-state index in [1.165, 1.54) is 0 Å². The largest absolute Gasteiger partial charge is 0.317 e. The molecule has 4 heteroatoms. The quantitative estimate of drug-likeness (QED) is 0.732. The molecular weight excluding hydrogens is 210 g/mol. The Morgan fingerprint density at radius 3 is 2.13 bits per heavy atom. The SMILES string of the molecule is CCC(C)CS(=O)(=O)C(C)CC(C)NC. The Labute approximate surface area is 94.6 Å². The average molecular weight is 235 g/mol. The smallest absolute Gasteiger partial charge is 0.153 e. The van der Waals surface area contributed by atoms with Crippen LogP contribution in [-0.2, 0) is 9.84 Å². The second-order valence-electron chi connectivity index (χ2n) is 4.58. The second-order valence-corrected chi connectivity index (χ2v) is 7.04. The molecule has 0 amide bonds. The van der Waals surface area contributed by atoms with Crippen LogP contribution in [0.15, 0.2) is 0 Å². The fourth-order valence-corrected chi connectivity index (χ4v) is 3.38. The second kappa shape index (κ2) is 6.48. The summed E-state index contributed by atoms with van der Waals surface area (Å²) in [5.74, 6) is 0.587. The van der Waals surface area contributed by atoms with Crippen molar-refractivity contribution in [2.45, 2.75) is 51.8 Å². The first kappa shape index (κ1) is 14.9. The summed E-state index contributed by atoms with van der Waals surface area (Å²) >= 11 is 0. The molecule has 0 aliphatic rings. The summed E-state index contributed by atoms with van der Waals surface area (Å²) in [5.41, 5.74) is 0. The van der Waals surface area contributed by atoms with Crippen LogP contribution in [0.3, 0.4) is 0 Å². The minimum absolute atomic E-state index is 0.242. The van der Waals surface area contributed by atoms with Gasteiger partial charge in [-0.3, -0.25) is 0 Å². The van der Waals surface area contributed by atoms with Crippen molar-refractivity contribution in [1.82, 2.24) is 5.32 Å². The van der Waals surface area contributed by atoms with Crippen molar-refractivity contribution in [2.75, 3.05) is 12.8 Å². The highest BCUT2D eigenvalue weighted by atomic mass is 32.2. The summed E-state index contributed by atoms with van der Waals surface area (Å²) < 4.78 is 23.8. The van der Waals surface area contributed by atoms with Crippen molar-refractivity contribution in [1.29, 1.82) is 0 Å². The van der Waals surface area contributed by atoms with Crippen LogP contribution < -0.4 is 5.32 Å². The van der Waals surface area contributed by atoms with Crippen molar-refractivity contribution >= 4 is 9.84 Å². The first-order valence-corrected chi connectivity index (χ1v) is 7.43. The van der Waals surface area contributed by atoms with Gasteiger partial charge in [-0.2, -0.15) is 0 Å². The Morgan fingerprint density at radius 2 is 1.73 bits per heavy atom. The normalized spacial score (nSPS) is 18.5.